The summed E-state index contributed by atoms with van der Waals surface area (Å²) in [6, 6.07) is 1.61. The van der Waals surface area contributed by atoms with Crippen LogP contribution in [0.3, 0.4) is 0 Å². The van der Waals surface area contributed by atoms with Crippen LogP contribution in [0, 0.1) is 0 Å². The van der Waals surface area contributed by atoms with Crippen LogP contribution in [0.15, 0.2) is 15.7 Å². The molecule has 2 N–H and O–H groups in total. The Morgan fingerprint density at radius 2 is 2.13 bits per heavy atom. The van der Waals surface area contributed by atoms with Gasteiger partial charge in [0.1, 0.15) is 5.71 Å². The summed E-state index contributed by atoms with van der Waals surface area (Å²) in [5.41, 5.74) is 2.74. The van der Waals surface area contributed by atoms with Gasteiger partial charge in [0.15, 0.2) is 6.61 Å². The van der Waals surface area contributed by atoms with Crippen LogP contribution in [0.4, 0.5) is 5.88 Å². The molecule has 9 nitrogen and oxygen atoms in total. The van der Waals surface area contributed by atoms with Gasteiger partial charge < -0.3 is 9.26 Å². The first-order chi connectivity index (χ1) is 10.8. The van der Waals surface area contributed by atoms with Crippen LogP contribution < -0.4 is 10.7 Å². The molecule has 2 heterocycles. The highest BCUT2D eigenvalue weighted by Crippen LogP contribution is 2.23. The Balaban J connectivity index is 1.82. The van der Waals surface area contributed by atoms with E-state index in [1.165, 1.54) is 0 Å². The number of carbonyl (C=O) groups excluding carboxylic acids is 3. The van der Waals surface area contributed by atoms with E-state index in [2.05, 4.69) is 21.0 Å². The number of aromatic nitrogens is 1. The number of hydrogen-bond acceptors (Lipinski definition) is 7. The lowest BCUT2D eigenvalue weighted by Gasteiger charge is -2.12. The van der Waals surface area contributed by atoms with Crippen molar-refractivity contribution in [2.24, 2.45) is 5.10 Å². The number of esters is 1. The molecule has 0 unspecified atom stereocenters. The topological polar surface area (TPSA) is 123 Å². The predicted molar refractivity (Wildman–Crippen MR) is 79.6 cm³/mol. The fourth-order valence-electron chi connectivity index (χ4n) is 1.70. The highest BCUT2D eigenvalue weighted by atomic mass is 16.5. The number of carbonyl (C=O) groups is 3. The Morgan fingerprint density at radius 1 is 1.39 bits per heavy atom. The van der Waals surface area contributed by atoms with Gasteiger partial charge in [-0.25, -0.2) is 10.2 Å². The largest absolute Gasteiger partial charge is 0.451 e. The molecule has 0 spiro atoms. The quantitative estimate of drug-likeness (QED) is 0.787. The molecule has 2 amide bonds. The van der Waals surface area contributed by atoms with Gasteiger partial charge in [-0.05, 0) is 0 Å². The van der Waals surface area contributed by atoms with E-state index in [0.717, 1.165) is 0 Å². The average Bonchev–Trinajstić information content (AvgIpc) is 2.94. The number of anilines is 1. The van der Waals surface area contributed by atoms with Crippen molar-refractivity contribution in [1.82, 2.24) is 10.6 Å². The van der Waals surface area contributed by atoms with E-state index >= 15 is 0 Å². The second kappa shape index (κ2) is 6.59. The van der Waals surface area contributed by atoms with Crippen LogP contribution in [-0.2, 0) is 24.5 Å². The fraction of sp³-hybridized carbons (Fsp3) is 0.500. The second-order valence-corrected chi connectivity index (χ2v) is 6.04. The van der Waals surface area contributed by atoms with Crippen LogP contribution in [-0.4, -0.2) is 35.3 Å². The maximum Gasteiger partial charge on any atom is 0.355 e. The first-order valence-electron chi connectivity index (χ1n) is 7.05. The Kier molecular flexibility index (Phi) is 4.77. The van der Waals surface area contributed by atoms with Gasteiger partial charge in [-0.1, -0.05) is 25.9 Å². The monoisotopic (exact) mass is 322 g/mol. The van der Waals surface area contributed by atoms with Gasteiger partial charge in [-0.2, -0.15) is 5.10 Å². The van der Waals surface area contributed by atoms with Gasteiger partial charge >= 0.3 is 5.97 Å². The lowest BCUT2D eigenvalue weighted by Crippen LogP contribution is -2.32. The molecule has 9 heteroatoms. The molecule has 1 aliphatic heterocycles. The summed E-state index contributed by atoms with van der Waals surface area (Å²) < 4.78 is 9.83. The third kappa shape index (κ3) is 4.63. The molecule has 1 aliphatic rings. The number of ether oxygens (including phenoxy) is 1. The predicted octanol–water partition coefficient (Wildman–Crippen LogP) is 0.720. The van der Waals surface area contributed by atoms with Gasteiger partial charge in [-0.3, -0.25) is 14.9 Å². The average molecular weight is 322 g/mol. The first-order valence-corrected chi connectivity index (χ1v) is 7.05. The maximum absolute atomic E-state index is 11.7. The molecule has 0 saturated carbocycles. The Hall–Kier alpha value is -2.71. The summed E-state index contributed by atoms with van der Waals surface area (Å²) in [6.07, 6.45) is 0.344. The van der Waals surface area contributed by atoms with Crippen molar-refractivity contribution in [3.8, 4) is 0 Å². The van der Waals surface area contributed by atoms with Gasteiger partial charge in [0.2, 0.25) is 11.8 Å². The van der Waals surface area contributed by atoms with Crippen molar-refractivity contribution in [2.45, 2.75) is 39.0 Å². The van der Waals surface area contributed by atoms with E-state index in [1.807, 2.05) is 20.8 Å². The van der Waals surface area contributed by atoms with Crippen molar-refractivity contribution in [3.05, 3.63) is 11.8 Å². The minimum absolute atomic E-state index is 0.0760. The third-order valence-electron chi connectivity index (χ3n) is 3.02. The lowest BCUT2D eigenvalue weighted by molar-refractivity contribution is -0.140. The van der Waals surface area contributed by atoms with Crippen LogP contribution >= 0.6 is 0 Å². The van der Waals surface area contributed by atoms with Crippen LogP contribution in [0.1, 0.15) is 39.3 Å². The summed E-state index contributed by atoms with van der Waals surface area (Å²) in [4.78, 5) is 34.3. The van der Waals surface area contributed by atoms with E-state index < -0.39 is 18.5 Å². The van der Waals surface area contributed by atoms with E-state index in [9.17, 15) is 14.4 Å². The van der Waals surface area contributed by atoms with Gasteiger partial charge in [0, 0.05) is 24.3 Å². The molecular weight excluding hydrogens is 304 g/mol. The second-order valence-electron chi connectivity index (χ2n) is 6.04. The van der Waals surface area contributed by atoms with Crippen LogP contribution in [0.2, 0.25) is 0 Å². The smallest absolute Gasteiger partial charge is 0.355 e. The van der Waals surface area contributed by atoms with Crippen molar-refractivity contribution >= 4 is 29.4 Å². The van der Waals surface area contributed by atoms with Gasteiger partial charge in [0.05, 0.1) is 5.69 Å². The molecule has 23 heavy (non-hydrogen) atoms. The molecule has 124 valence electrons. The highest BCUT2D eigenvalue weighted by Gasteiger charge is 2.22. The molecule has 0 saturated heterocycles. The zero-order chi connectivity index (χ0) is 17.0. The van der Waals surface area contributed by atoms with Gasteiger partial charge in [0.25, 0.3) is 5.91 Å². The highest BCUT2D eigenvalue weighted by molar-refractivity contribution is 6.37. The number of rotatable bonds is 4. The third-order valence-corrected chi connectivity index (χ3v) is 3.02. The molecule has 1 aromatic heterocycles. The minimum atomic E-state index is -0.742. The van der Waals surface area contributed by atoms with E-state index in [-0.39, 0.29) is 35.8 Å². The molecule has 0 atom stereocenters. The number of hydrazone groups is 1. The van der Waals surface area contributed by atoms with E-state index in [1.54, 1.807) is 6.07 Å². The molecule has 0 radical (unpaired) electrons. The summed E-state index contributed by atoms with van der Waals surface area (Å²) in [5, 5.41) is 9.89. The Labute approximate surface area is 132 Å². The number of hydrogen-bond donors (Lipinski definition) is 2. The van der Waals surface area contributed by atoms with Crippen molar-refractivity contribution in [3.63, 3.8) is 0 Å². The summed E-state index contributed by atoms with van der Waals surface area (Å²) in [5.74, 6) is -1.39. The first kappa shape index (κ1) is 16.7. The standard InChI is InChI=1S/C14H18N4O5/c1-14(2,3)9-6-12(23-18-9)15-11(20)7-22-13(21)8-4-5-10(19)17-16-8/h6H,4-5,7H2,1-3H3,(H,15,20)(H,17,19). The SMILES string of the molecule is CC(C)(C)c1cc(NC(=O)COC(=O)C2=NNC(=O)CC2)on1. The van der Waals surface area contributed by atoms with Gasteiger partial charge in [-0.15, -0.1) is 0 Å². The Morgan fingerprint density at radius 3 is 2.70 bits per heavy atom. The molecular formula is C14H18N4O5. The summed E-state index contributed by atoms with van der Waals surface area (Å²) >= 11 is 0. The molecule has 1 aromatic rings. The van der Waals surface area contributed by atoms with Crippen molar-refractivity contribution in [2.75, 3.05) is 11.9 Å². The molecule has 0 aliphatic carbocycles. The molecule has 0 bridgehead atoms. The zero-order valence-corrected chi connectivity index (χ0v) is 13.1. The normalized spacial score (nSPS) is 14.7. The Bertz CT molecular complexity index is 656. The lowest BCUT2D eigenvalue weighted by atomic mass is 9.92. The summed E-state index contributed by atoms with van der Waals surface area (Å²) in [7, 11) is 0. The molecule has 0 fully saturated rings. The minimum Gasteiger partial charge on any atom is -0.451 e. The van der Waals surface area contributed by atoms with Crippen molar-refractivity contribution in [1.29, 1.82) is 0 Å². The molecule has 2 rings (SSSR count). The van der Waals surface area contributed by atoms with Crippen molar-refractivity contribution < 1.29 is 23.6 Å². The fourth-order valence-corrected chi connectivity index (χ4v) is 1.70. The maximum atomic E-state index is 11.7. The van der Waals surface area contributed by atoms with Crippen LogP contribution in [0.25, 0.3) is 0 Å². The van der Waals surface area contributed by atoms with E-state index in [0.29, 0.717) is 5.69 Å². The summed E-state index contributed by atoms with van der Waals surface area (Å²) in [6.45, 7) is 5.39. The number of amides is 2. The van der Waals surface area contributed by atoms with E-state index in [4.69, 9.17) is 9.26 Å². The zero-order valence-electron chi connectivity index (χ0n) is 13.1. The number of nitrogens with zero attached hydrogens (tertiary/aromatic N) is 2. The van der Waals surface area contributed by atoms with Crippen LogP contribution in [0.5, 0.6) is 0 Å². The number of nitrogens with one attached hydrogen (secondary N) is 2. The molecule has 0 aromatic carbocycles.